The summed E-state index contributed by atoms with van der Waals surface area (Å²) in [6.07, 6.45) is 3.46. The van der Waals surface area contributed by atoms with E-state index in [2.05, 4.69) is 6.07 Å². The van der Waals surface area contributed by atoms with E-state index in [4.69, 9.17) is 9.47 Å². The highest BCUT2D eigenvalue weighted by Gasteiger charge is 2.30. The van der Waals surface area contributed by atoms with Crippen LogP contribution in [0.25, 0.3) is 6.08 Å². The minimum Gasteiger partial charge on any atom is -0.493 e. The van der Waals surface area contributed by atoms with Crippen LogP contribution in [0.1, 0.15) is 33.1 Å². The molecule has 30 heavy (non-hydrogen) atoms. The number of carbonyl (C=O) groups is 1. The summed E-state index contributed by atoms with van der Waals surface area (Å²) in [5.41, 5.74) is 3.07. The number of nitrogens with zero attached hydrogens (tertiary/aromatic N) is 2. The van der Waals surface area contributed by atoms with E-state index in [9.17, 15) is 10.1 Å². The molecule has 3 aromatic carbocycles. The fourth-order valence-electron chi connectivity index (χ4n) is 3.42. The number of carbonyl (C=O) groups excluding carboxylic acids is 1. The van der Waals surface area contributed by atoms with Crippen LogP contribution in [0.5, 0.6) is 11.5 Å². The average Bonchev–Trinajstić information content (AvgIpc) is 2.82. The number of methoxy groups -OCH3 is 1. The van der Waals surface area contributed by atoms with Crippen molar-refractivity contribution in [3.63, 3.8) is 0 Å². The van der Waals surface area contributed by atoms with Gasteiger partial charge in [0.1, 0.15) is 12.6 Å². The summed E-state index contributed by atoms with van der Waals surface area (Å²) < 4.78 is 11.5. The lowest BCUT2D eigenvalue weighted by atomic mass is 9.95. The van der Waals surface area contributed by atoms with E-state index in [0.29, 0.717) is 29.2 Å². The first-order valence-corrected chi connectivity index (χ1v) is 9.55. The molecule has 0 aromatic heterocycles. The molecule has 5 nitrogen and oxygen atoms in total. The molecule has 0 bridgehead atoms. The summed E-state index contributed by atoms with van der Waals surface area (Å²) in [6.45, 7) is 0.371. The first-order chi connectivity index (χ1) is 14.7. The van der Waals surface area contributed by atoms with E-state index < -0.39 is 6.04 Å². The summed E-state index contributed by atoms with van der Waals surface area (Å²) in [5, 5.41) is 9.88. The molecular weight excluding hydrogens is 376 g/mol. The first kappa shape index (κ1) is 19.3. The number of amides is 1. The van der Waals surface area contributed by atoms with Crippen molar-refractivity contribution in [3.05, 3.63) is 101 Å². The van der Waals surface area contributed by atoms with Crippen LogP contribution in [0.2, 0.25) is 0 Å². The van der Waals surface area contributed by atoms with Gasteiger partial charge in [0.25, 0.3) is 5.91 Å². The monoisotopic (exact) mass is 396 g/mol. The second kappa shape index (κ2) is 8.54. The SMILES string of the molecule is COc1cc2c(cc1OCc1ccccc1)[C@@H](C#N)N(C(=O)c1ccccc1)C=C2. The van der Waals surface area contributed by atoms with Gasteiger partial charge in [-0.1, -0.05) is 48.5 Å². The number of hydrogen-bond donors (Lipinski definition) is 0. The zero-order chi connectivity index (χ0) is 20.9. The molecule has 0 unspecified atom stereocenters. The highest BCUT2D eigenvalue weighted by molar-refractivity contribution is 5.96. The van der Waals surface area contributed by atoms with Gasteiger partial charge < -0.3 is 9.47 Å². The number of rotatable bonds is 5. The highest BCUT2D eigenvalue weighted by atomic mass is 16.5. The molecule has 0 radical (unpaired) electrons. The molecule has 4 rings (SSSR count). The van der Waals surface area contributed by atoms with Crippen LogP contribution in [-0.4, -0.2) is 17.9 Å². The second-order valence-electron chi connectivity index (χ2n) is 6.83. The Balaban J connectivity index is 1.66. The average molecular weight is 396 g/mol. The van der Waals surface area contributed by atoms with Crippen molar-refractivity contribution in [1.82, 2.24) is 4.90 Å². The van der Waals surface area contributed by atoms with Gasteiger partial charge in [0.2, 0.25) is 0 Å². The summed E-state index contributed by atoms with van der Waals surface area (Å²) in [4.78, 5) is 14.4. The van der Waals surface area contributed by atoms with Gasteiger partial charge in [0, 0.05) is 17.3 Å². The fraction of sp³-hybridized carbons (Fsp3) is 0.120. The molecule has 1 aliphatic rings. The van der Waals surface area contributed by atoms with Crippen LogP contribution in [0.15, 0.2) is 79.0 Å². The Hall–Kier alpha value is -4.04. The Morgan fingerprint density at radius 2 is 1.73 bits per heavy atom. The lowest BCUT2D eigenvalue weighted by Gasteiger charge is -2.29. The predicted octanol–water partition coefficient (Wildman–Crippen LogP) is 4.97. The number of benzene rings is 3. The van der Waals surface area contributed by atoms with Crippen LogP contribution in [0.4, 0.5) is 0 Å². The quantitative estimate of drug-likeness (QED) is 0.611. The summed E-state index contributed by atoms with van der Waals surface area (Å²) in [7, 11) is 1.58. The number of ether oxygens (including phenoxy) is 2. The van der Waals surface area contributed by atoms with Crippen molar-refractivity contribution >= 4 is 12.0 Å². The summed E-state index contributed by atoms with van der Waals surface area (Å²) in [6, 6.07) is 23.9. The van der Waals surface area contributed by atoms with E-state index in [-0.39, 0.29) is 5.91 Å². The van der Waals surface area contributed by atoms with Crippen LogP contribution in [0, 0.1) is 11.3 Å². The minimum atomic E-state index is -0.761. The number of nitriles is 1. The predicted molar refractivity (Wildman–Crippen MR) is 114 cm³/mol. The van der Waals surface area contributed by atoms with Gasteiger partial charge in [0.15, 0.2) is 11.5 Å². The van der Waals surface area contributed by atoms with Gasteiger partial charge in [-0.15, -0.1) is 0 Å². The molecule has 1 atom stereocenters. The first-order valence-electron chi connectivity index (χ1n) is 9.55. The Labute approximate surface area is 175 Å². The van der Waals surface area contributed by atoms with Crippen molar-refractivity contribution in [1.29, 1.82) is 5.26 Å². The lowest BCUT2D eigenvalue weighted by molar-refractivity contribution is 0.0794. The molecule has 0 saturated heterocycles. The Bertz CT molecular complexity index is 1120. The largest absolute Gasteiger partial charge is 0.493 e. The smallest absolute Gasteiger partial charge is 0.259 e. The van der Waals surface area contributed by atoms with Crippen molar-refractivity contribution in [3.8, 4) is 17.6 Å². The lowest BCUT2D eigenvalue weighted by Crippen LogP contribution is -2.31. The third-order valence-electron chi connectivity index (χ3n) is 4.97. The molecule has 0 spiro atoms. The molecule has 0 saturated carbocycles. The molecule has 148 valence electrons. The van der Waals surface area contributed by atoms with Crippen molar-refractivity contribution < 1.29 is 14.3 Å². The van der Waals surface area contributed by atoms with Crippen LogP contribution in [0.3, 0.4) is 0 Å². The van der Waals surface area contributed by atoms with Crippen LogP contribution in [-0.2, 0) is 6.61 Å². The molecule has 5 heteroatoms. The Morgan fingerprint density at radius 3 is 2.40 bits per heavy atom. The molecular formula is C25H20N2O3. The Kier molecular flexibility index (Phi) is 5.49. The molecule has 1 amide bonds. The van der Waals surface area contributed by atoms with Crippen molar-refractivity contribution in [2.75, 3.05) is 7.11 Å². The summed E-state index contributed by atoms with van der Waals surface area (Å²) >= 11 is 0. The third-order valence-corrected chi connectivity index (χ3v) is 4.97. The zero-order valence-electron chi connectivity index (χ0n) is 16.5. The Morgan fingerprint density at radius 1 is 1.03 bits per heavy atom. The fourth-order valence-corrected chi connectivity index (χ4v) is 3.42. The van der Waals surface area contributed by atoms with Crippen LogP contribution >= 0.6 is 0 Å². The molecule has 1 heterocycles. The van der Waals surface area contributed by atoms with Crippen LogP contribution < -0.4 is 9.47 Å². The van der Waals surface area contributed by atoms with Gasteiger partial charge in [-0.25, -0.2) is 0 Å². The van der Waals surface area contributed by atoms with E-state index in [0.717, 1.165) is 11.1 Å². The zero-order valence-corrected chi connectivity index (χ0v) is 16.5. The van der Waals surface area contributed by atoms with Gasteiger partial charge in [0.05, 0.1) is 13.2 Å². The minimum absolute atomic E-state index is 0.230. The van der Waals surface area contributed by atoms with E-state index >= 15 is 0 Å². The topological polar surface area (TPSA) is 62.6 Å². The van der Waals surface area contributed by atoms with Gasteiger partial charge in [-0.2, -0.15) is 5.26 Å². The van der Waals surface area contributed by atoms with Crippen molar-refractivity contribution in [2.45, 2.75) is 12.6 Å². The standard InChI is InChI=1S/C25H20N2O3/c1-29-23-14-20-12-13-27(25(28)19-10-6-3-7-11-19)22(16-26)21(20)15-24(23)30-17-18-8-4-2-5-9-18/h2-15,22H,17H2,1H3/t22-/m1/s1. The van der Waals surface area contributed by atoms with E-state index in [1.807, 2.05) is 48.5 Å². The number of hydrogen-bond acceptors (Lipinski definition) is 4. The second-order valence-corrected chi connectivity index (χ2v) is 6.83. The normalized spacial score (nSPS) is 14.5. The third kappa shape index (κ3) is 3.76. The van der Waals surface area contributed by atoms with Crippen molar-refractivity contribution in [2.24, 2.45) is 0 Å². The molecule has 1 aliphatic heterocycles. The van der Waals surface area contributed by atoms with Gasteiger partial charge in [-0.3, -0.25) is 9.69 Å². The number of fused-ring (bicyclic) bond motifs is 1. The maximum Gasteiger partial charge on any atom is 0.259 e. The molecule has 0 aliphatic carbocycles. The van der Waals surface area contributed by atoms with E-state index in [1.165, 1.54) is 4.90 Å². The maximum atomic E-state index is 13.0. The molecule has 0 fully saturated rings. The maximum absolute atomic E-state index is 13.0. The highest BCUT2D eigenvalue weighted by Crippen LogP contribution is 2.39. The molecule has 3 aromatic rings. The summed E-state index contributed by atoms with van der Waals surface area (Å²) in [5.74, 6) is 0.878. The molecule has 0 N–H and O–H groups in total. The van der Waals surface area contributed by atoms with Gasteiger partial charge >= 0.3 is 0 Å². The van der Waals surface area contributed by atoms with E-state index in [1.54, 1.807) is 43.6 Å². The van der Waals surface area contributed by atoms with Gasteiger partial charge in [-0.05, 0) is 41.5 Å².